The quantitative estimate of drug-likeness (QED) is 0.508. The number of nitrogens with one attached hydrogen (secondary N) is 1. The zero-order valence-electron chi connectivity index (χ0n) is 16.6. The normalized spacial score (nSPS) is 10.9. The number of rotatable bonds is 7. The fraction of sp³-hybridized carbons (Fsp3) is 0.200. The largest absolute Gasteiger partial charge is 0.352 e. The number of nitrogens with zero attached hydrogens (tertiary/aromatic N) is 2. The minimum Gasteiger partial charge on any atom is -0.352 e. The summed E-state index contributed by atoms with van der Waals surface area (Å²) in [5.41, 5.74) is 5.17. The number of para-hydroxylation sites is 2. The Hall–Kier alpha value is -3.40. The van der Waals surface area contributed by atoms with Crippen molar-refractivity contribution in [1.82, 2.24) is 14.9 Å². The average Bonchev–Trinajstić information content (AvgIpc) is 3.10. The van der Waals surface area contributed by atoms with Crippen LogP contribution in [0.15, 0.2) is 78.9 Å². The maximum absolute atomic E-state index is 12.5. The molecule has 29 heavy (non-hydrogen) atoms. The van der Waals surface area contributed by atoms with Gasteiger partial charge in [-0.05, 0) is 42.7 Å². The SMILES string of the molecule is Cc1ccccc1C(=O)NCCc1nc2ccccc2n1CCc1ccccc1. The van der Waals surface area contributed by atoms with E-state index in [4.69, 9.17) is 4.98 Å². The van der Waals surface area contributed by atoms with Gasteiger partial charge in [-0.3, -0.25) is 4.79 Å². The Balaban J connectivity index is 1.48. The lowest BCUT2D eigenvalue weighted by molar-refractivity contribution is 0.0953. The van der Waals surface area contributed by atoms with E-state index < -0.39 is 0 Å². The third-order valence-electron chi connectivity index (χ3n) is 5.22. The van der Waals surface area contributed by atoms with Gasteiger partial charge >= 0.3 is 0 Å². The minimum atomic E-state index is -0.0324. The van der Waals surface area contributed by atoms with Crippen LogP contribution in [-0.4, -0.2) is 22.0 Å². The van der Waals surface area contributed by atoms with E-state index in [0.717, 1.165) is 41.0 Å². The predicted molar refractivity (Wildman–Crippen MR) is 117 cm³/mol. The van der Waals surface area contributed by atoms with Crippen LogP contribution in [0.4, 0.5) is 0 Å². The van der Waals surface area contributed by atoms with Gasteiger partial charge in [-0.15, -0.1) is 0 Å². The van der Waals surface area contributed by atoms with E-state index in [1.54, 1.807) is 0 Å². The smallest absolute Gasteiger partial charge is 0.251 e. The maximum Gasteiger partial charge on any atom is 0.251 e. The van der Waals surface area contributed by atoms with Crippen LogP contribution in [0.2, 0.25) is 0 Å². The number of fused-ring (bicyclic) bond motifs is 1. The first-order valence-corrected chi connectivity index (χ1v) is 10.0. The Labute approximate surface area is 171 Å². The van der Waals surface area contributed by atoms with Gasteiger partial charge < -0.3 is 9.88 Å². The maximum atomic E-state index is 12.5. The average molecular weight is 383 g/mol. The first-order valence-electron chi connectivity index (χ1n) is 10.0. The van der Waals surface area contributed by atoms with Crippen LogP contribution in [-0.2, 0) is 19.4 Å². The summed E-state index contributed by atoms with van der Waals surface area (Å²) >= 11 is 0. The molecule has 0 radical (unpaired) electrons. The lowest BCUT2D eigenvalue weighted by atomic mass is 10.1. The third-order valence-corrected chi connectivity index (χ3v) is 5.22. The molecule has 0 atom stereocenters. The number of carbonyl (C=O) groups is 1. The highest BCUT2D eigenvalue weighted by Gasteiger charge is 2.12. The van der Waals surface area contributed by atoms with Gasteiger partial charge in [-0.2, -0.15) is 0 Å². The number of amides is 1. The van der Waals surface area contributed by atoms with Crippen LogP contribution in [0, 0.1) is 6.92 Å². The molecule has 0 aliphatic carbocycles. The van der Waals surface area contributed by atoms with Crippen molar-refractivity contribution in [3.63, 3.8) is 0 Å². The minimum absolute atomic E-state index is 0.0324. The molecule has 0 saturated heterocycles. The standard InChI is InChI=1S/C25H25N3O/c1-19-9-5-6-12-21(19)25(29)26-17-15-24-27-22-13-7-8-14-23(22)28(24)18-16-20-10-3-2-4-11-20/h2-14H,15-18H2,1H3,(H,26,29). The van der Waals surface area contributed by atoms with Crippen LogP contribution in [0.1, 0.15) is 27.3 Å². The Morgan fingerprint density at radius 2 is 1.62 bits per heavy atom. The summed E-state index contributed by atoms with van der Waals surface area (Å²) in [7, 11) is 0. The van der Waals surface area contributed by atoms with Crippen molar-refractivity contribution in [3.05, 3.63) is 101 Å². The molecule has 1 aromatic heterocycles. The summed E-state index contributed by atoms with van der Waals surface area (Å²) in [4.78, 5) is 17.3. The van der Waals surface area contributed by atoms with Gasteiger partial charge in [0.2, 0.25) is 0 Å². The molecule has 1 heterocycles. The molecule has 0 spiro atoms. The third kappa shape index (κ3) is 4.37. The number of aryl methyl sites for hydroxylation is 3. The van der Waals surface area contributed by atoms with Gasteiger partial charge in [0, 0.05) is 25.1 Å². The molecule has 0 aliphatic heterocycles. The first kappa shape index (κ1) is 18.9. The predicted octanol–water partition coefficient (Wildman–Crippen LogP) is 4.56. The lowest BCUT2D eigenvalue weighted by Gasteiger charge is -2.11. The summed E-state index contributed by atoms with van der Waals surface area (Å²) in [5, 5.41) is 3.04. The Bertz CT molecular complexity index is 1120. The zero-order valence-corrected chi connectivity index (χ0v) is 16.6. The van der Waals surface area contributed by atoms with Gasteiger partial charge in [-0.25, -0.2) is 4.98 Å². The van der Waals surface area contributed by atoms with E-state index >= 15 is 0 Å². The van der Waals surface area contributed by atoms with Crippen LogP contribution in [0.3, 0.4) is 0 Å². The summed E-state index contributed by atoms with van der Waals surface area (Å²) in [6, 6.07) is 26.4. The van der Waals surface area contributed by atoms with E-state index in [9.17, 15) is 4.79 Å². The number of hydrogen-bond donors (Lipinski definition) is 1. The van der Waals surface area contributed by atoms with Gasteiger partial charge in [0.05, 0.1) is 11.0 Å². The molecule has 146 valence electrons. The molecular formula is C25H25N3O. The van der Waals surface area contributed by atoms with Crippen LogP contribution >= 0.6 is 0 Å². The van der Waals surface area contributed by atoms with Crippen molar-refractivity contribution < 1.29 is 4.79 Å². The topological polar surface area (TPSA) is 46.9 Å². The molecular weight excluding hydrogens is 358 g/mol. The number of benzene rings is 3. The van der Waals surface area contributed by atoms with Crippen molar-refractivity contribution in [2.75, 3.05) is 6.54 Å². The highest BCUT2D eigenvalue weighted by Crippen LogP contribution is 2.17. The lowest BCUT2D eigenvalue weighted by Crippen LogP contribution is -2.27. The molecule has 4 aromatic rings. The summed E-state index contributed by atoms with van der Waals surface area (Å²) < 4.78 is 2.28. The Kier molecular flexibility index (Phi) is 5.71. The molecule has 1 N–H and O–H groups in total. The van der Waals surface area contributed by atoms with Crippen LogP contribution in [0.5, 0.6) is 0 Å². The van der Waals surface area contributed by atoms with Gasteiger partial charge in [0.25, 0.3) is 5.91 Å². The van der Waals surface area contributed by atoms with E-state index in [-0.39, 0.29) is 5.91 Å². The number of aromatic nitrogens is 2. The summed E-state index contributed by atoms with van der Waals surface area (Å²) in [6.45, 7) is 3.38. The molecule has 1 amide bonds. The molecule has 4 nitrogen and oxygen atoms in total. The molecule has 3 aromatic carbocycles. The molecule has 4 heteroatoms. The van der Waals surface area contributed by atoms with Crippen molar-refractivity contribution in [2.24, 2.45) is 0 Å². The second-order valence-corrected chi connectivity index (χ2v) is 7.22. The van der Waals surface area contributed by atoms with E-state index in [1.807, 2.05) is 55.5 Å². The molecule has 0 fully saturated rings. The van der Waals surface area contributed by atoms with Gasteiger partial charge in [0.1, 0.15) is 5.82 Å². The molecule has 0 bridgehead atoms. The number of hydrogen-bond acceptors (Lipinski definition) is 2. The van der Waals surface area contributed by atoms with Crippen molar-refractivity contribution in [1.29, 1.82) is 0 Å². The highest BCUT2D eigenvalue weighted by molar-refractivity contribution is 5.95. The van der Waals surface area contributed by atoms with Crippen molar-refractivity contribution in [3.8, 4) is 0 Å². The van der Waals surface area contributed by atoms with E-state index in [2.05, 4.69) is 40.2 Å². The van der Waals surface area contributed by atoms with Crippen molar-refractivity contribution in [2.45, 2.75) is 26.3 Å². The Morgan fingerprint density at radius 3 is 2.45 bits per heavy atom. The number of carbonyl (C=O) groups excluding carboxylic acids is 1. The zero-order chi connectivity index (χ0) is 20.1. The van der Waals surface area contributed by atoms with Gasteiger partial charge in [0.15, 0.2) is 0 Å². The fourth-order valence-corrected chi connectivity index (χ4v) is 3.66. The molecule has 0 unspecified atom stereocenters. The second-order valence-electron chi connectivity index (χ2n) is 7.22. The van der Waals surface area contributed by atoms with Crippen LogP contribution < -0.4 is 5.32 Å². The summed E-state index contributed by atoms with van der Waals surface area (Å²) in [6.07, 6.45) is 1.64. The first-order chi connectivity index (χ1) is 14.2. The highest BCUT2D eigenvalue weighted by atomic mass is 16.1. The monoisotopic (exact) mass is 383 g/mol. The van der Waals surface area contributed by atoms with Crippen molar-refractivity contribution >= 4 is 16.9 Å². The van der Waals surface area contributed by atoms with E-state index in [0.29, 0.717) is 13.0 Å². The molecule has 4 rings (SSSR count). The van der Waals surface area contributed by atoms with E-state index in [1.165, 1.54) is 5.56 Å². The second kappa shape index (κ2) is 8.74. The number of imidazole rings is 1. The fourth-order valence-electron chi connectivity index (χ4n) is 3.66. The Morgan fingerprint density at radius 1 is 0.897 bits per heavy atom. The van der Waals surface area contributed by atoms with Gasteiger partial charge in [-0.1, -0.05) is 60.7 Å². The van der Waals surface area contributed by atoms with Crippen LogP contribution in [0.25, 0.3) is 11.0 Å². The molecule has 0 aliphatic rings. The summed E-state index contributed by atoms with van der Waals surface area (Å²) in [5.74, 6) is 0.974. The molecule has 0 saturated carbocycles.